The first-order chi connectivity index (χ1) is 9.91. The molecule has 21 heavy (non-hydrogen) atoms. The van der Waals surface area contributed by atoms with Gasteiger partial charge in [-0.1, -0.05) is 5.16 Å². The Balaban J connectivity index is 2.28. The number of ether oxygens (including phenoxy) is 2. The average molecular weight is 304 g/mol. The van der Waals surface area contributed by atoms with Crippen molar-refractivity contribution >= 4 is 5.84 Å². The fourth-order valence-corrected chi connectivity index (χ4v) is 2.10. The summed E-state index contributed by atoms with van der Waals surface area (Å²) < 4.78 is 49.5. The fourth-order valence-electron chi connectivity index (χ4n) is 2.10. The molecule has 0 spiro atoms. The zero-order chi connectivity index (χ0) is 15.5. The second-order valence-corrected chi connectivity index (χ2v) is 4.62. The van der Waals surface area contributed by atoms with Crippen LogP contribution in [-0.4, -0.2) is 30.4 Å². The smallest absolute Gasteiger partial charge is 0.417 e. The molecular formula is C13H15F3N2O3. The summed E-state index contributed by atoms with van der Waals surface area (Å²) >= 11 is 0. The van der Waals surface area contributed by atoms with Gasteiger partial charge in [0.1, 0.15) is 11.9 Å². The maximum absolute atomic E-state index is 12.9. The minimum absolute atomic E-state index is 0.115. The lowest BCUT2D eigenvalue weighted by Crippen LogP contribution is -2.26. The van der Waals surface area contributed by atoms with Gasteiger partial charge < -0.3 is 20.4 Å². The van der Waals surface area contributed by atoms with Crippen molar-refractivity contribution in [2.45, 2.75) is 25.1 Å². The molecule has 0 bridgehead atoms. The highest BCUT2D eigenvalue weighted by Crippen LogP contribution is 2.34. The minimum Gasteiger partial charge on any atom is -0.490 e. The maximum Gasteiger partial charge on any atom is 0.417 e. The fraction of sp³-hybridized carbons (Fsp3) is 0.462. The van der Waals surface area contributed by atoms with Crippen LogP contribution in [0.5, 0.6) is 5.75 Å². The molecule has 8 heteroatoms. The SMILES string of the molecule is N/C(=N/O)c1cc(OC2CCOCC2)ccc1C(F)(F)F. The third-order valence-corrected chi connectivity index (χ3v) is 3.15. The van der Waals surface area contributed by atoms with Gasteiger partial charge in [-0.3, -0.25) is 0 Å². The zero-order valence-corrected chi connectivity index (χ0v) is 11.1. The van der Waals surface area contributed by atoms with Crippen LogP contribution in [0.2, 0.25) is 0 Å². The monoisotopic (exact) mass is 304 g/mol. The molecule has 0 aromatic heterocycles. The summed E-state index contributed by atoms with van der Waals surface area (Å²) in [5, 5.41) is 11.3. The molecule has 0 radical (unpaired) electrons. The number of hydrogen-bond acceptors (Lipinski definition) is 4. The van der Waals surface area contributed by atoms with Crippen LogP contribution in [0.3, 0.4) is 0 Å². The summed E-state index contributed by atoms with van der Waals surface area (Å²) in [5.74, 6) is -0.365. The van der Waals surface area contributed by atoms with Crippen molar-refractivity contribution in [2.24, 2.45) is 10.9 Å². The molecule has 1 heterocycles. The quantitative estimate of drug-likeness (QED) is 0.389. The molecular weight excluding hydrogens is 289 g/mol. The number of alkyl halides is 3. The highest BCUT2D eigenvalue weighted by Gasteiger charge is 2.34. The standard InChI is InChI=1S/C13H15F3N2O3/c14-13(15,16)11-2-1-9(7-10(11)12(17)18-19)21-8-3-5-20-6-4-8/h1-2,7-8,19H,3-6H2,(H2,17,18). The van der Waals surface area contributed by atoms with Crippen molar-refractivity contribution in [3.05, 3.63) is 29.3 Å². The van der Waals surface area contributed by atoms with E-state index in [4.69, 9.17) is 20.4 Å². The number of amidine groups is 1. The predicted octanol–water partition coefficient (Wildman–Crippen LogP) is 2.36. The number of benzene rings is 1. The van der Waals surface area contributed by atoms with Gasteiger partial charge in [0.2, 0.25) is 0 Å². The Labute approximate surface area is 119 Å². The molecule has 3 N–H and O–H groups in total. The van der Waals surface area contributed by atoms with Gasteiger partial charge in [-0.15, -0.1) is 0 Å². The van der Waals surface area contributed by atoms with Crippen LogP contribution in [0, 0.1) is 0 Å². The summed E-state index contributed by atoms with van der Waals surface area (Å²) in [6.45, 7) is 1.11. The lowest BCUT2D eigenvalue weighted by molar-refractivity contribution is -0.137. The summed E-state index contributed by atoms with van der Waals surface area (Å²) in [5.41, 5.74) is 3.94. The van der Waals surface area contributed by atoms with Crippen molar-refractivity contribution < 1.29 is 27.9 Å². The molecule has 0 aliphatic carbocycles. The van der Waals surface area contributed by atoms with Gasteiger partial charge in [-0.2, -0.15) is 13.2 Å². The molecule has 1 aliphatic rings. The molecule has 116 valence electrons. The highest BCUT2D eigenvalue weighted by atomic mass is 19.4. The molecule has 0 unspecified atom stereocenters. The van der Waals surface area contributed by atoms with E-state index in [9.17, 15) is 13.2 Å². The first-order valence-corrected chi connectivity index (χ1v) is 6.35. The number of rotatable bonds is 3. The number of oxime groups is 1. The van der Waals surface area contributed by atoms with E-state index < -0.39 is 23.1 Å². The Morgan fingerprint density at radius 2 is 2.00 bits per heavy atom. The molecule has 1 aromatic carbocycles. The Morgan fingerprint density at radius 3 is 2.57 bits per heavy atom. The van der Waals surface area contributed by atoms with Crippen LogP contribution >= 0.6 is 0 Å². The third kappa shape index (κ3) is 3.78. The number of halogens is 3. The topological polar surface area (TPSA) is 77.1 Å². The predicted molar refractivity (Wildman–Crippen MR) is 68.4 cm³/mol. The Kier molecular flexibility index (Phi) is 4.56. The van der Waals surface area contributed by atoms with E-state index in [0.29, 0.717) is 26.1 Å². The van der Waals surface area contributed by atoms with E-state index in [2.05, 4.69) is 5.16 Å². The van der Waals surface area contributed by atoms with Gasteiger partial charge >= 0.3 is 6.18 Å². The molecule has 1 fully saturated rings. The minimum atomic E-state index is -4.60. The zero-order valence-electron chi connectivity index (χ0n) is 11.1. The van der Waals surface area contributed by atoms with E-state index in [-0.39, 0.29) is 11.9 Å². The second kappa shape index (κ2) is 6.21. The lowest BCUT2D eigenvalue weighted by atomic mass is 10.1. The number of nitrogens with zero attached hydrogens (tertiary/aromatic N) is 1. The molecule has 1 aromatic rings. The van der Waals surface area contributed by atoms with Crippen LogP contribution in [0.4, 0.5) is 13.2 Å². The maximum atomic E-state index is 12.9. The van der Waals surface area contributed by atoms with E-state index in [0.717, 1.165) is 12.1 Å². The average Bonchev–Trinajstić information content (AvgIpc) is 2.46. The van der Waals surface area contributed by atoms with Gasteiger partial charge in [0.25, 0.3) is 0 Å². The Hall–Kier alpha value is -1.96. The molecule has 0 amide bonds. The van der Waals surface area contributed by atoms with Crippen LogP contribution in [0.25, 0.3) is 0 Å². The van der Waals surface area contributed by atoms with Gasteiger partial charge in [0.05, 0.1) is 18.8 Å². The molecule has 2 rings (SSSR count). The van der Waals surface area contributed by atoms with E-state index in [1.165, 1.54) is 6.07 Å². The lowest BCUT2D eigenvalue weighted by Gasteiger charge is -2.24. The molecule has 0 atom stereocenters. The van der Waals surface area contributed by atoms with Crippen LogP contribution in [0.15, 0.2) is 23.4 Å². The molecule has 1 saturated heterocycles. The molecule has 0 saturated carbocycles. The first-order valence-electron chi connectivity index (χ1n) is 6.35. The third-order valence-electron chi connectivity index (χ3n) is 3.15. The van der Waals surface area contributed by atoms with Crippen LogP contribution in [-0.2, 0) is 10.9 Å². The summed E-state index contributed by atoms with van der Waals surface area (Å²) in [6.07, 6.45) is -3.38. The number of nitrogens with two attached hydrogens (primary N) is 1. The normalized spacial score (nSPS) is 17.8. The van der Waals surface area contributed by atoms with Gasteiger partial charge in [-0.05, 0) is 18.2 Å². The van der Waals surface area contributed by atoms with Crippen molar-refractivity contribution in [1.82, 2.24) is 0 Å². The van der Waals surface area contributed by atoms with E-state index in [1.807, 2.05) is 0 Å². The van der Waals surface area contributed by atoms with Crippen molar-refractivity contribution in [3.8, 4) is 5.75 Å². The van der Waals surface area contributed by atoms with Crippen molar-refractivity contribution in [3.63, 3.8) is 0 Å². The van der Waals surface area contributed by atoms with Gasteiger partial charge in [0, 0.05) is 18.4 Å². The largest absolute Gasteiger partial charge is 0.490 e. The Morgan fingerprint density at radius 1 is 1.33 bits per heavy atom. The summed E-state index contributed by atoms with van der Waals surface area (Å²) in [6, 6.07) is 3.22. The van der Waals surface area contributed by atoms with E-state index in [1.54, 1.807) is 0 Å². The highest BCUT2D eigenvalue weighted by molar-refractivity contribution is 5.99. The van der Waals surface area contributed by atoms with Gasteiger partial charge in [-0.25, -0.2) is 0 Å². The van der Waals surface area contributed by atoms with Crippen LogP contribution < -0.4 is 10.5 Å². The Bertz CT molecular complexity index is 526. The van der Waals surface area contributed by atoms with Crippen LogP contribution in [0.1, 0.15) is 24.0 Å². The van der Waals surface area contributed by atoms with Gasteiger partial charge in [0.15, 0.2) is 5.84 Å². The second-order valence-electron chi connectivity index (χ2n) is 4.62. The molecule has 1 aliphatic heterocycles. The van der Waals surface area contributed by atoms with E-state index >= 15 is 0 Å². The van der Waals surface area contributed by atoms with Crippen molar-refractivity contribution in [2.75, 3.05) is 13.2 Å². The summed E-state index contributed by atoms with van der Waals surface area (Å²) in [7, 11) is 0. The summed E-state index contributed by atoms with van der Waals surface area (Å²) in [4.78, 5) is 0. The van der Waals surface area contributed by atoms with Crippen molar-refractivity contribution in [1.29, 1.82) is 0 Å². The first kappa shape index (κ1) is 15.4. The molecule has 5 nitrogen and oxygen atoms in total. The number of hydrogen-bond donors (Lipinski definition) is 2.